The Balaban J connectivity index is 2.18. The molecule has 0 aliphatic carbocycles. The van der Waals surface area contributed by atoms with Crippen LogP contribution in [0.2, 0.25) is 0 Å². The number of carbonyl (C=O) groups excluding carboxylic acids is 1. The highest BCUT2D eigenvalue weighted by Crippen LogP contribution is 2.18. The van der Waals surface area contributed by atoms with E-state index in [4.69, 9.17) is 0 Å². The van der Waals surface area contributed by atoms with Gasteiger partial charge in [0.1, 0.15) is 0 Å². The molecule has 0 unspecified atom stereocenters. The van der Waals surface area contributed by atoms with Gasteiger partial charge in [-0.05, 0) is 72.3 Å². The van der Waals surface area contributed by atoms with E-state index in [0.717, 1.165) is 20.5 Å². The Labute approximate surface area is 120 Å². The molecule has 2 rings (SSSR count). The Morgan fingerprint density at radius 3 is 2.61 bits per heavy atom. The Morgan fingerprint density at radius 2 is 2.00 bits per heavy atom. The van der Waals surface area contributed by atoms with Crippen molar-refractivity contribution in [3.63, 3.8) is 0 Å². The fraction of sp³-hybridized carbons (Fsp3) is 0.143. The fourth-order valence-electron chi connectivity index (χ4n) is 1.56. The van der Waals surface area contributed by atoms with Crippen LogP contribution in [-0.2, 0) is 0 Å². The van der Waals surface area contributed by atoms with E-state index >= 15 is 0 Å². The molecule has 1 aromatic carbocycles. The zero-order chi connectivity index (χ0) is 13.1. The monoisotopic (exact) mass is 352 g/mol. The minimum atomic E-state index is -0.133. The van der Waals surface area contributed by atoms with Gasteiger partial charge in [0.05, 0.1) is 5.56 Å². The zero-order valence-electron chi connectivity index (χ0n) is 10.2. The topological polar surface area (TPSA) is 42.0 Å². The number of anilines is 1. The van der Waals surface area contributed by atoms with Crippen LogP contribution >= 0.6 is 22.6 Å². The predicted molar refractivity (Wildman–Crippen MR) is 80.8 cm³/mol. The number of aryl methyl sites for hydroxylation is 2. The maximum absolute atomic E-state index is 12.0. The smallest absolute Gasteiger partial charge is 0.257 e. The fourth-order valence-corrected chi connectivity index (χ4v) is 2.21. The molecule has 0 aliphatic heterocycles. The van der Waals surface area contributed by atoms with Crippen molar-refractivity contribution in [2.75, 3.05) is 5.32 Å². The number of hydrogen-bond acceptors (Lipinski definition) is 2. The van der Waals surface area contributed by atoms with Crippen molar-refractivity contribution < 1.29 is 4.79 Å². The van der Waals surface area contributed by atoms with Gasteiger partial charge in [0.25, 0.3) is 5.91 Å². The maximum Gasteiger partial charge on any atom is 0.257 e. The van der Waals surface area contributed by atoms with E-state index < -0.39 is 0 Å². The van der Waals surface area contributed by atoms with Crippen LogP contribution in [0.5, 0.6) is 0 Å². The van der Waals surface area contributed by atoms with Crippen molar-refractivity contribution in [1.29, 1.82) is 0 Å². The minimum Gasteiger partial charge on any atom is -0.322 e. The average Bonchev–Trinajstić information content (AvgIpc) is 2.33. The van der Waals surface area contributed by atoms with Gasteiger partial charge in [-0.2, -0.15) is 0 Å². The molecule has 0 atom stereocenters. The molecule has 0 bridgehead atoms. The van der Waals surface area contributed by atoms with E-state index in [-0.39, 0.29) is 5.91 Å². The third-order valence-corrected chi connectivity index (χ3v) is 3.28. The summed E-state index contributed by atoms with van der Waals surface area (Å²) < 4.78 is 1.15. The summed E-state index contributed by atoms with van der Waals surface area (Å²) in [6.45, 7) is 3.87. The van der Waals surface area contributed by atoms with Crippen LogP contribution in [0.1, 0.15) is 21.6 Å². The number of nitrogens with zero attached hydrogens (tertiary/aromatic N) is 1. The molecular formula is C14H13IN2O. The number of hydrogen-bond donors (Lipinski definition) is 1. The first-order valence-electron chi connectivity index (χ1n) is 5.56. The summed E-state index contributed by atoms with van der Waals surface area (Å²) in [7, 11) is 0. The van der Waals surface area contributed by atoms with Crippen molar-refractivity contribution in [3.8, 4) is 0 Å². The van der Waals surface area contributed by atoms with Crippen LogP contribution in [0.25, 0.3) is 0 Å². The quantitative estimate of drug-likeness (QED) is 0.840. The molecule has 0 radical (unpaired) electrons. The molecule has 4 heteroatoms. The van der Waals surface area contributed by atoms with Crippen molar-refractivity contribution in [1.82, 2.24) is 4.98 Å². The molecule has 2 aromatic rings. The molecule has 0 spiro atoms. The summed E-state index contributed by atoms with van der Waals surface area (Å²) in [5, 5.41) is 2.89. The zero-order valence-corrected chi connectivity index (χ0v) is 12.4. The molecule has 92 valence electrons. The summed E-state index contributed by atoms with van der Waals surface area (Å²) in [5.41, 5.74) is 3.35. The molecule has 18 heavy (non-hydrogen) atoms. The maximum atomic E-state index is 12.0. The Morgan fingerprint density at radius 1 is 1.22 bits per heavy atom. The predicted octanol–water partition coefficient (Wildman–Crippen LogP) is 3.56. The van der Waals surface area contributed by atoms with Gasteiger partial charge in [0.2, 0.25) is 0 Å². The second kappa shape index (κ2) is 5.48. The number of amides is 1. The van der Waals surface area contributed by atoms with E-state index in [1.54, 1.807) is 12.3 Å². The van der Waals surface area contributed by atoms with Gasteiger partial charge in [-0.1, -0.05) is 0 Å². The standard InChI is InChI=1S/C14H13IN2O/c1-9-7-12(15)5-6-13(9)17-14(18)11-4-3-10(2)16-8-11/h3-8H,1-2H3,(H,17,18). The van der Waals surface area contributed by atoms with Crippen molar-refractivity contribution in [2.24, 2.45) is 0 Å². The summed E-state index contributed by atoms with van der Waals surface area (Å²) in [5.74, 6) is -0.133. The lowest BCUT2D eigenvalue weighted by Gasteiger charge is -2.08. The molecule has 0 aliphatic rings. The molecule has 0 saturated carbocycles. The SMILES string of the molecule is Cc1ccc(C(=O)Nc2ccc(I)cc2C)cn1. The normalized spacial score (nSPS) is 10.2. The molecule has 0 saturated heterocycles. The Kier molecular flexibility index (Phi) is 3.96. The van der Waals surface area contributed by atoms with Crippen LogP contribution < -0.4 is 5.32 Å². The van der Waals surface area contributed by atoms with E-state index in [1.165, 1.54) is 0 Å². The van der Waals surface area contributed by atoms with Crippen LogP contribution in [0.15, 0.2) is 36.5 Å². The van der Waals surface area contributed by atoms with Gasteiger partial charge >= 0.3 is 0 Å². The number of benzene rings is 1. The number of pyridine rings is 1. The van der Waals surface area contributed by atoms with E-state index in [1.807, 2.05) is 38.1 Å². The molecule has 1 amide bonds. The van der Waals surface area contributed by atoms with Crippen LogP contribution in [-0.4, -0.2) is 10.9 Å². The van der Waals surface area contributed by atoms with Crippen molar-refractivity contribution in [3.05, 3.63) is 56.9 Å². The molecule has 3 nitrogen and oxygen atoms in total. The molecule has 1 N–H and O–H groups in total. The van der Waals surface area contributed by atoms with E-state index in [0.29, 0.717) is 5.56 Å². The second-order valence-corrected chi connectivity index (χ2v) is 5.35. The molecule has 1 heterocycles. The summed E-state index contributed by atoms with van der Waals surface area (Å²) in [4.78, 5) is 16.1. The lowest BCUT2D eigenvalue weighted by Crippen LogP contribution is -2.13. The Bertz CT molecular complexity index is 579. The number of halogens is 1. The number of aromatic nitrogens is 1. The lowest BCUT2D eigenvalue weighted by molar-refractivity contribution is 0.102. The molecular weight excluding hydrogens is 339 g/mol. The first-order valence-corrected chi connectivity index (χ1v) is 6.64. The first kappa shape index (κ1) is 13.0. The van der Waals surface area contributed by atoms with Gasteiger partial charge in [0, 0.05) is 21.1 Å². The van der Waals surface area contributed by atoms with Gasteiger partial charge in [-0.25, -0.2) is 0 Å². The lowest BCUT2D eigenvalue weighted by atomic mass is 10.2. The van der Waals surface area contributed by atoms with E-state index in [2.05, 4.69) is 32.9 Å². The third-order valence-electron chi connectivity index (χ3n) is 2.61. The number of nitrogens with one attached hydrogen (secondary N) is 1. The minimum absolute atomic E-state index is 0.133. The highest BCUT2D eigenvalue weighted by atomic mass is 127. The number of rotatable bonds is 2. The molecule has 1 aromatic heterocycles. The third kappa shape index (κ3) is 3.07. The van der Waals surface area contributed by atoms with Crippen LogP contribution in [0, 0.1) is 17.4 Å². The van der Waals surface area contributed by atoms with Gasteiger partial charge in [0.15, 0.2) is 0 Å². The molecule has 0 fully saturated rings. The average molecular weight is 352 g/mol. The largest absolute Gasteiger partial charge is 0.322 e. The van der Waals surface area contributed by atoms with Gasteiger partial charge in [-0.15, -0.1) is 0 Å². The first-order chi connectivity index (χ1) is 8.56. The van der Waals surface area contributed by atoms with Crippen molar-refractivity contribution in [2.45, 2.75) is 13.8 Å². The summed E-state index contributed by atoms with van der Waals surface area (Å²) in [6.07, 6.45) is 1.59. The van der Waals surface area contributed by atoms with Gasteiger partial charge < -0.3 is 5.32 Å². The van der Waals surface area contributed by atoms with Crippen molar-refractivity contribution >= 4 is 34.2 Å². The summed E-state index contributed by atoms with van der Waals surface area (Å²) in [6, 6.07) is 9.52. The number of carbonyl (C=O) groups is 1. The van der Waals surface area contributed by atoms with Crippen LogP contribution in [0.4, 0.5) is 5.69 Å². The van der Waals surface area contributed by atoms with Gasteiger partial charge in [-0.3, -0.25) is 9.78 Å². The highest BCUT2D eigenvalue weighted by Gasteiger charge is 2.07. The highest BCUT2D eigenvalue weighted by molar-refractivity contribution is 14.1. The van der Waals surface area contributed by atoms with E-state index in [9.17, 15) is 4.79 Å². The summed E-state index contributed by atoms with van der Waals surface area (Å²) >= 11 is 2.25. The second-order valence-electron chi connectivity index (χ2n) is 4.10. The van der Waals surface area contributed by atoms with Crippen LogP contribution in [0.3, 0.4) is 0 Å². The Hall–Kier alpha value is -1.43.